The molecule has 1 aromatic heterocycles. The number of hydrogen-bond acceptors (Lipinski definition) is 3. The van der Waals surface area contributed by atoms with Gasteiger partial charge in [0.25, 0.3) is 0 Å². The number of carbonyl (C=O) groups excluding carboxylic acids is 2. The van der Waals surface area contributed by atoms with Gasteiger partial charge in [-0.2, -0.15) is 0 Å². The molecule has 3 amide bonds. The van der Waals surface area contributed by atoms with Gasteiger partial charge in [0.2, 0.25) is 5.91 Å². The van der Waals surface area contributed by atoms with Crippen molar-refractivity contribution < 1.29 is 9.59 Å². The molecule has 0 saturated carbocycles. The largest absolute Gasteiger partial charge is 0.353 e. The standard InChI is InChI=1S/C20H24N4O2/c25-19(7-6-16-8-12-21-13-9-16)22-18-10-14-24(15-11-18)20(26)23-17-4-2-1-3-5-17/h1-5,8-9,12-13,18H,6-7,10-11,14-15H2,(H,22,25)(H,23,26). The summed E-state index contributed by atoms with van der Waals surface area (Å²) in [5.74, 6) is 0.0639. The van der Waals surface area contributed by atoms with Crippen molar-refractivity contribution in [1.82, 2.24) is 15.2 Å². The Morgan fingerprint density at radius 1 is 1.04 bits per heavy atom. The second-order valence-corrected chi connectivity index (χ2v) is 6.48. The third kappa shape index (κ3) is 5.31. The molecule has 0 atom stereocenters. The number of benzene rings is 1. The van der Waals surface area contributed by atoms with Gasteiger partial charge in [0.05, 0.1) is 0 Å². The SMILES string of the molecule is O=C(CCc1ccncc1)NC1CCN(C(=O)Nc2ccccc2)CC1. The number of amides is 3. The molecule has 0 radical (unpaired) electrons. The molecule has 0 aliphatic carbocycles. The summed E-state index contributed by atoms with van der Waals surface area (Å²) < 4.78 is 0. The van der Waals surface area contributed by atoms with Crippen LogP contribution in [0.4, 0.5) is 10.5 Å². The van der Waals surface area contributed by atoms with Gasteiger partial charge in [-0.25, -0.2) is 4.79 Å². The first-order valence-electron chi connectivity index (χ1n) is 9.00. The zero-order valence-corrected chi connectivity index (χ0v) is 14.7. The molecule has 26 heavy (non-hydrogen) atoms. The second kappa shape index (κ2) is 8.99. The van der Waals surface area contributed by atoms with E-state index in [0.29, 0.717) is 25.9 Å². The van der Waals surface area contributed by atoms with E-state index in [1.165, 1.54) is 0 Å². The first-order valence-corrected chi connectivity index (χ1v) is 9.00. The average Bonchev–Trinajstić information content (AvgIpc) is 2.68. The molecule has 1 aliphatic heterocycles. The first-order chi connectivity index (χ1) is 12.7. The molecule has 1 saturated heterocycles. The van der Waals surface area contributed by atoms with E-state index in [9.17, 15) is 9.59 Å². The number of anilines is 1. The van der Waals surface area contributed by atoms with E-state index >= 15 is 0 Å². The maximum atomic E-state index is 12.3. The van der Waals surface area contributed by atoms with Crippen molar-refractivity contribution in [2.75, 3.05) is 18.4 Å². The summed E-state index contributed by atoms with van der Waals surface area (Å²) in [7, 11) is 0. The first kappa shape index (κ1) is 17.9. The zero-order valence-electron chi connectivity index (χ0n) is 14.7. The van der Waals surface area contributed by atoms with E-state index in [4.69, 9.17) is 0 Å². The fourth-order valence-corrected chi connectivity index (χ4v) is 3.06. The molecule has 3 rings (SSSR count). The van der Waals surface area contributed by atoms with Crippen LogP contribution >= 0.6 is 0 Å². The number of rotatable bonds is 5. The predicted molar refractivity (Wildman–Crippen MR) is 101 cm³/mol. The number of pyridine rings is 1. The Labute approximate surface area is 153 Å². The molecular formula is C20H24N4O2. The van der Waals surface area contributed by atoms with Crippen LogP contribution in [0.25, 0.3) is 0 Å². The van der Waals surface area contributed by atoms with Crippen LogP contribution in [0.2, 0.25) is 0 Å². The highest BCUT2D eigenvalue weighted by Crippen LogP contribution is 2.13. The lowest BCUT2D eigenvalue weighted by Crippen LogP contribution is -2.47. The fourth-order valence-electron chi connectivity index (χ4n) is 3.06. The van der Waals surface area contributed by atoms with Crippen molar-refractivity contribution in [2.45, 2.75) is 31.7 Å². The van der Waals surface area contributed by atoms with Crippen LogP contribution in [-0.4, -0.2) is 41.0 Å². The van der Waals surface area contributed by atoms with Crippen molar-refractivity contribution >= 4 is 17.6 Å². The minimum atomic E-state index is -0.0846. The summed E-state index contributed by atoms with van der Waals surface area (Å²) in [5.41, 5.74) is 1.91. The minimum absolute atomic E-state index is 0.0639. The predicted octanol–water partition coefficient (Wildman–Crippen LogP) is 2.83. The lowest BCUT2D eigenvalue weighted by atomic mass is 10.0. The number of hydrogen-bond donors (Lipinski definition) is 2. The van der Waals surface area contributed by atoms with E-state index in [1.54, 1.807) is 17.3 Å². The summed E-state index contributed by atoms with van der Waals surface area (Å²) in [6, 6.07) is 13.3. The van der Waals surface area contributed by atoms with Crippen LogP contribution in [0.5, 0.6) is 0 Å². The number of para-hydroxylation sites is 1. The highest BCUT2D eigenvalue weighted by molar-refractivity contribution is 5.89. The van der Waals surface area contributed by atoms with Crippen LogP contribution < -0.4 is 10.6 Å². The number of nitrogens with one attached hydrogen (secondary N) is 2. The number of likely N-dealkylation sites (tertiary alicyclic amines) is 1. The second-order valence-electron chi connectivity index (χ2n) is 6.48. The number of aryl methyl sites for hydroxylation is 1. The number of urea groups is 1. The van der Waals surface area contributed by atoms with Gasteiger partial charge in [-0.3, -0.25) is 9.78 Å². The third-order valence-corrected chi connectivity index (χ3v) is 4.56. The number of carbonyl (C=O) groups is 2. The van der Waals surface area contributed by atoms with Crippen molar-refractivity contribution in [3.63, 3.8) is 0 Å². The van der Waals surface area contributed by atoms with Gasteiger partial charge >= 0.3 is 6.03 Å². The van der Waals surface area contributed by atoms with Gasteiger partial charge in [0, 0.05) is 43.6 Å². The summed E-state index contributed by atoms with van der Waals surface area (Å²) in [5, 5.41) is 5.99. The Balaban J connectivity index is 1.38. The zero-order chi connectivity index (χ0) is 18.2. The molecule has 1 aromatic carbocycles. The lowest BCUT2D eigenvalue weighted by molar-refractivity contribution is -0.122. The Bertz CT molecular complexity index is 713. The van der Waals surface area contributed by atoms with Crippen molar-refractivity contribution in [2.24, 2.45) is 0 Å². The molecule has 2 N–H and O–H groups in total. The molecule has 0 unspecified atom stereocenters. The summed E-state index contributed by atoms with van der Waals surface area (Å²) in [6.07, 6.45) is 6.23. The molecule has 1 aliphatic rings. The summed E-state index contributed by atoms with van der Waals surface area (Å²) in [4.78, 5) is 30.2. The third-order valence-electron chi connectivity index (χ3n) is 4.56. The number of nitrogens with zero attached hydrogens (tertiary/aromatic N) is 2. The molecule has 0 spiro atoms. The van der Waals surface area contributed by atoms with Gasteiger partial charge in [0.1, 0.15) is 0 Å². The van der Waals surface area contributed by atoms with Crippen molar-refractivity contribution in [3.05, 3.63) is 60.4 Å². The highest BCUT2D eigenvalue weighted by atomic mass is 16.2. The minimum Gasteiger partial charge on any atom is -0.353 e. The van der Waals surface area contributed by atoms with Crippen LogP contribution in [0.3, 0.4) is 0 Å². The van der Waals surface area contributed by atoms with E-state index in [-0.39, 0.29) is 18.0 Å². The van der Waals surface area contributed by atoms with Crippen molar-refractivity contribution in [3.8, 4) is 0 Å². The van der Waals surface area contributed by atoms with E-state index in [1.807, 2.05) is 42.5 Å². The summed E-state index contributed by atoms with van der Waals surface area (Å²) in [6.45, 7) is 1.29. The van der Waals surface area contributed by atoms with E-state index in [2.05, 4.69) is 15.6 Å². The fraction of sp³-hybridized carbons (Fsp3) is 0.350. The Kier molecular flexibility index (Phi) is 6.19. The number of aromatic nitrogens is 1. The molecule has 6 heteroatoms. The molecule has 2 heterocycles. The topological polar surface area (TPSA) is 74.3 Å². The van der Waals surface area contributed by atoms with Gasteiger partial charge in [0.15, 0.2) is 0 Å². The molecule has 2 aromatic rings. The van der Waals surface area contributed by atoms with Gasteiger partial charge in [-0.1, -0.05) is 18.2 Å². The van der Waals surface area contributed by atoms with E-state index < -0.39 is 0 Å². The Morgan fingerprint density at radius 2 is 1.73 bits per heavy atom. The highest BCUT2D eigenvalue weighted by Gasteiger charge is 2.23. The smallest absolute Gasteiger partial charge is 0.321 e. The molecule has 1 fully saturated rings. The van der Waals surface area contributed by atoms with Crippen LogP contribution in [0.15, 0.2) is 54.9 Å². The monoisotopic (exact) mass is 352 g/mol. The molecule has 0 bridgehead atoms. The molecule has 136 valence electrons. The van der Waals surface area contributed by atoms with Gasteiger partial charge in [-0.05, 0) is 49.1 Å². The van der Waals surface area contributed by atoms with E-state index in [0.717, 1.165) is 24.1 Å². The van der Waals surface area contributed by atoms with Crippen molar-refractivity contribution in [1.29, 1.82) is 0 Å². The lowest BCUT2D eigenvalue weighted by Gasteiger charge is -2.32. The van der Waals surface area contributed by atoms with Crippen LogP contribution in [-0.2, 0) is 11.2 Å². The quantitative estimate of drug-likeness (QED) is 0.869. The number of piperidine rings is 1. The maximum Gasteiger partial charge on any atom is 0.321 e. The maximum absolute atomic E-state index is 12.3. The Morgan fingerprint density at radius 3 is 2.42 bits per heavy atom. The normalized spacial score (nSPS) is 14.7. The average molecular weight is 352 g/mol. The molecule has 6 nitrogen and oxygen atoms in total. The Hall–Kier alpha value is -2.89. The molecular weight excluding hydrogens is 328 g/mol. The van der Waals surface area contributed by atoms with Gasteiger partial charge < -0.3 is 15.5 Å². The van der Waals surface area contributed by atoms with Crippen LogP contribution in [0.1, 0.15) is 24.8 Å². The van der Waals surface area contributed by atoms with Crippen LogP contribution in [0, 0.1) is 0 Å². The summed E-state index contributed by atoms with van der Waals surface area (Å²) >= 11 is 0. The van der Waals surface area contributed by atoms with Gasteiger partial charge in [-0.15, -0.1) is 0 Å².